The van der Waals surface area contributed by atoms with Crippen molar-refractivity contribution < 1.29 is 64.5 Å². The Balaban J connectivity index is 0.000000889. The molecular formula is C24H39NO13. The van der Waals surface area contributed by atoms with Crippen LogP contribution in [0, 0.1) is 0 Å². The molecule has 0 amide bonds. The lowest BCUT2D eigenvalue weighted by Crippen LogP contribution is -2.42. The van der Waals surface area contributed by atoms with E-state index in [1.165, 1.54) is 5.23 Å². The zero-order valence-electron chi connectivity index (χ0n) is 21.2. The summed E-state index contributed by atoms with van der Waals surface area (Å²) in [6.45, 7) is 1.44. The van der Waals surface area contributed by atoms with Crippen LogP contribution in [0.3, 0.4) is 0 Å². The molecule has 0 fully saturated rings. The monoisotopic (exact) mass is 549 g/mol. The van der Waals surface area contributed by atoms with Crippen molar-refractivity contribution in [1.29, 1.82) is 0 Å². The summed E-state index contributed by atoms with van der Waals surface area (Å²) in [6, 6.07) is 6.99. The number of benzene rings is 1. The Morgan fingerprint density at radius 3 is 1.74 bits per heavy atom. The summed E-state index contributed by atoms with van der Waals surface area (Å²) < 4.78 is 5.54. The Kier molecular flexibility index (Phi) is 19.3. The maximum Gasteiger partial charge on any atom is 0.336 e. The first-order valence-electron chi connectivity index (χ1n) is 12.1. The molecular weight excluding hydrogens is 510 g/mol. The van der Waals surface area contributed by atoms with E-state index in [0.717, 1.165) is 38.5 Å². The zero-order chi connectivity index (χ0) is 28.8. The van der Waals surface area contributed by atoms with E-state index in [4.69, 9.17) is 45.1 Å². The molecule has 0 radical (unpaired) electrons. The number of carbonyl (C=O) groups is 3. The largest absolute Gasteiger partial charge is 0.504 e. The Bertz CT molecular complexity index is 781. The van der Waals surface area contributed by atoms with E-state index in [0.29, 0.717) is 18.9 Å². The number of hydroxylamine groups is 2. The number of phenolic OH excluding ortho intramolecular Hbond substituents is 1. The molecule has 0 aliphatic carbocycles. The van der Waals surface area contributed by atoms with Gasteiger partial charge in [-0.1, -0.05) is 43.0 Å². The molecule has 14 heteroatoms. The van der Waals surface area contributed by atoms with E-state index >= 15 is 0 Å². The zero-order valence-corrected chi connectivity index (χ0v) is 21.2. The minimum atomic E-state index is -2.74. The van der Waals surface area contributed by atoms with Crippen molar-refractivity contribution in [3.8, 4) is 11.5 Å². The highest BCUT2D eigenvalue weighted by Gasteiger charge is 2.40. The quantitative estimate of drug-likeness (QED) is 0.0840. The van der Waals surface area contributed by atoms with Crippen molar-refractivity contribution in [2.24, 2.45) is 0 Å². The van der Waals surface area contributed by atoms with Crippen LogP contribution in [-0.4, -0.2) is 104 Å². The normalized spacial score (nSPS) is 11.1. The van der Waals surface area contributed by atoms with Crippen molar-refractivity contribution in [2.45, 2.75) is 57.0 Å². The average Bonchev–Trinajstić information content (AvgIpc) is 2.84. The van der Waals surface area contributed by atoms with Gasteiger partial charge in [0.1, 0.15) is 0 Å². The fraction of sp³-hybridized carbons (Fsp3) is 0.625. The molecule has 14 nitrogen and oxygen atoms in total. The minimum absolute atomic E-state index is 0.0676. The molecule has 7 N–H and O–H groups in total. The summed E-state index contributed by atoms with van der Waals surface area (Å²) in [4.78, 5) is 40.9. The number of unbranched alkanes of at least 4 members (excludes halogenated alkanes) is 5. The standard InChI is InChI=1S/C18H31NO6.C6H8O7/c20-12-15-24-19(25-16-13-21)11-7-3-1-2-4-8-14-23-18-10-6-5-9-17(18)22;7-3(8)1-6(13,5(11)12)2-4(9)10/h5-6,9-10,20-22H,1-4,7-8,11-16H2;13H,1-2H2,(H,7,8)(H,9,10)(H,11,12). The number of phenols is 1. The van der Waals surface area contributed by atoms with E-state index in [9.17, 15) is 19.5 Å². The third-order valence-electron chi connectivity index (χ3n) is 4.80. The molecule has 0 unspecified atom stereocenters. The first kappa shape index (κ1) is 35.0. The predicted molar refractivity (Wildman–Crippen MR) is 131 cm³/mol. The van der Waals surface area contributed by atoms with Crippen LogP contribution in [0.15, 0.2) is 24.3 Å². The molecule has 1 aromatic rings. The molecule has 38 heavy (non-hydrogen) atoms. The minimum Gasteiger partial charge on any atom is -0.504 e. The molecule has 0 aliphatic heterocycles. The van der Waals surface area contributed by atoms with Crippen molar-refractivity contribution in [2.75, 3.05) is 39.6 Å². The van der Waals surface area contributed by atoms with Gasteiger partial charge in [-0.3, -0.25) is 19.3 Å². The molecule has 0 aliphatic rings. The van der Waals surface area contributed by atoms with Crippen molar-refractivity contribution >= 4 is 17.9 Å². The summed E-state index contributed by atoms with van der Waals surface area (Å²) in [7, 11) is 0. The highest BCUT2D eigenvalue weighted by Crippen LogP contribution is 2.24. The molecule has 218 valence electrons. The fourth-order valence-corrected chi connectivity index (χ4v) is 2.98. The predicted octanol–water partition coefficient (Wildman–Crippen LogP) is 1.01. The van der Waals surface area contributed by atoms with Crippen LogP contribution in [0.4, 0.5) is 0 Å². The van der Waals surface area contributed by atoms with Gasteiger partial charge in [-0.2, -0.15) is 0 Å². The summed E-state index contributed by atoms with van der Waals surface area (Å²) in [5.41, 5.74) is -2.74. The molecule has 0 saturated heterocycles. The van der Waals surface area contributed by atoms with Crippen molar-refractivity contribution in [3.63, 3.8) is 0 Å². The Morgan fingerprint density at radius 2 is 1.26 bits per heavy atom. The van der Waals surface area contributed by atoms with Crippen LogP contribution in [0.2, 0.25) is 0 Å². The van der Waals surface area contributed by atoms with Gasteiger partial charge >= 0.3 is 17.9 Å². The van der Waals surface area contributed by atoms with Gasteiger partial charge in [0.25, 0.3) is 0 Å². The number of aliphatic carboxylic acids is 3. The molecule has 0 aromatic heterocycles. The first-order valence-corrected chi connectivity index (χ1v) is 12.1. The van der Waals surface area contributed by atoms with Crippen LogP contribution >= 0.6 is 0 Å². The number of hydrogen-bond acceptors (Lipinski definition) is 11. The maximum atomic E-state index is 10.3. The highest BCUT2D eigenvalue weighted by atomic mass is 16.9. The smallest absolute Gasteiger partial charge is 0.336 e. The number of nitrogens with zero attached hydrogens (tertiary/aromatic N) is 1. The maximum absolute atomic E-state index is 10.3. The summed E-state index contributed by atoms with van der Waals surface area (Å²) in [5.74, 6) is -4.30. The van der Waals surface area contributed by atoms with Gasteiger partial charge < -0.3 is 40.5 Å². The summed E-state index contributed by atoms with van der Waals surface area (Å²) in [5, 5.41) is 62.3. The Hall–Kier alpha value is -3.01. The van der Waals surface area contributed by atoms with Crippen LogP contribution in [0.5, 0.6) is 11.5 Å². The van der Waals surface area contributed by atoms with Gasteiger partial charge in [0, 0.05) is 0 Å². The van der Waals surface area contributed by atoms with Gasteiger partial charge in [0.15, 0.2) is 17.1 Å². The number of para-hydroxylation sites is 2. The van der Waals surface area contributed by atoms with Gasteiger partial charge in [0.05, 0.1) is 52.4 Å². The van der Waals surface area contributed by atoms with Crippen LogP contribution in [0.1, 0.15) is 51.4 Å². The van der Waals surface area contributed by atoms with Crippen LogP contribution < -0.4 is 4.74 Å². The second kappa shape index (κ2) is 21.0. The number of ether oxygens (including phenoxy) is 1. The Morgan fingerprint density at radius 1 is 0.763 bits per heavy atom. The number of carboxylic acids is 3. The average molecular weight is 550 g/mol. The highest BCUT2D eigenvalue weighted by molar-refractivity contribution is 5.88. The third-order valence-corrected chi connectivity index (χ3v) is 4.80. The van der Waals surface area contributed by atoms with Crippen LogP contribution in [0.25, 0.3) is 0 Å². The number of aliphatic hydroxyl groups is 3. The second-order valence-corrected chi connectivity index (χ2v) is 8.09. The van der Waals surface area contributed by atoms with Crippen molar-refractivity contribution in [1.82, 2.24) is 5.23 Å². The summed E-state index contributed by atoms with van der Waals surface area (Å²) in [6.07, 6.45) is 3.97. The molecule has 1 rings (SSSR count). The molecule has 1 aromatic carbocycles. The number of aromatic hydroxyl groups is 1. The lowest BCUT2D eigenvalue weighted by atomic mass is 9.96. The topological polar surface area (TPSA) is 224 Å². The molecule has 0 saturated carbocycles. The van der Waals surface area contributed by atoms with E-state index in [1.807, 2.05) is 6.07 Å². The van der Waals surface area contributed by atoms with E-state index in [1.54, 1.807) is 18.2 Å². The molecule has 0 heterocycles. The fourth-order valence-electron chi connectivity index (χ4n) is 2.98. The Labute approximate surface area is 220 Å². The van der Waals surface area contributed by atoms with Gasteiger partial charge in [-0.15, -0.1) is 0 Å². The second-order valence-electron chi connectivity index (χ2n) is 8.09. The number of hydrogen-bond donors (Lipinski definition) is 7. The molecule has 0 atom stereocenters. The van der Waals surface area contributed by atoms with E-state index in [2.05, 4.69) is 0 Å². The van der Waals surface area contributed by atoms with Gasteiger partial charge in [-0.05, 0) is 25.0 Å². The van der Waals surface area contributed by atoms with Crippen molar-refractivity contribution in [3.05, 3.63) is 24.3 Å². The third kappa shape index (κ3) is 17.4. The van der Waals surface area contributed by atoms with Gasteiger partial charge in [-0.25, -0.2) is 4.79 Å². The first-order chi connectivity index (χ1) is 18.1. The SMILES string of the molecule is O=C(O)CC(O)(CC(=O)O)C(=O)O.OCCON(CCCCCCCCOc1ccccc1O)OCCO. The molecule has 0 bridgehead atoms. The van der Waals surface area contributed by atoms with Crippen LogP contribution in [-0.2, 0) is 24.1 Å². The summed E-state index contributed by atoms with van der Waals surface area (Å²) >= 11 is 0. The lowest BCUT2D eigenvalue weighted by Gasteiger charge is -2.20. The lowest BCUT2D eigenvalue weighted by molar-refractivity contribution is -0.371. The number of carboxylic acid groups (broad SMARTS) is 3. The number of aliphatic hydroxyl groups excluding tert-OH is 2. The van der Waals surface area contributed by atoms with E-state index in [-0.39, 0.29) is 32.2 Å². The molecule has 0 spiro atoms. The van der Waals surface area contributed by atoms with Gasteiger partial charge in [0.2, 0.25) is 0 Å². The van der Waals surface area contributed by atoms with E-state index < -0.39 is 36.4 Å². The number of rotatable bonds is 21.